The third kappa shape index (κ3) is 5.29. The van der Waals surface area contributed by atoms with Crippen molar-refractivity contribution in [3.63, 3.8) is 0 Å². The van der Waals surface area contributed by atoms with Crippen molar-refractivity contribution >= 4 is 32.3 Å². The van der Waals surface area contributed by atoms with Gasteiger partial charge in [0, 0.05) is 0 Å². The third-order valence-corrected chi connectivity index (χ3v) is 9.85. The van der Waals surface area contributed by atoms with Crippen molar-refractivity contribution in [2.75, 3.05) is 0 Å². The SMILES string of the molecule is Cc1ccc2c(-c3ccccc3)c3ccccc3c(-c3ccc4cc(-c5cc(-c6ccccc6)cc(-c6ccccc6)c5)ccc4c3)c2c1. The van der Waals surface area contributed by atoms with E-state index in [1.807, 2.05) is 0 Å². The second-order valence-corrected chi connectivity index (χ2v) is 13.0. The van der Waals surface area contributed by atoms with Gasteiger partial charge in [0.15, 0.2) is 0 Å². The summed E-state index contributed by atoms with van der Waals surface area (Å²) in [6.07, 6.45) is 0. The Morgan fingerprint density at radius 1 is 0.245 bits per heavy atom. The van der Waals surface area contributed by atoms with E-state index in [0.717, 1.165) is 0 Å². The van der Waals surface area contributed by atoms with E-state index in [-0.39, 0.29) is 0 Å². The van der Waals surface area contributed by atoms with Crippen molar-refractivity contribution in [3.8, 4) is 55.6 Å². The smallest absolute Gasteiger partial charge is 0.00261 e. The van der Waals surface area contributed by atoms with Gasteiger partial charge < -0.3 is 0 Å². The van der Waals surface area contributed by atoms with Gasteiger partial charge in [-0.2, -0.15) is 0 Å². The first-order chi connectivity index (χ1) is 24.2. The highest BCUT2D eigenvalue weighted by Crippen LogP contribution is 2.44. The van der Waals surface area contributed by atoms with Crippen LogP contribution < -0.4 is 0 Å². The zero-order chi connectivity index (χ0) is 32.7. The normalized spacial score (nSPS) is 11.4. The molecule has 49 heavy (non-hydrogen) atoms. The standard InChI is InChI=1S/C49H34/c1-33-21-26-46-47(27-33)49(45-20-12-11-19-44(45)48(46)36-17-9-4-10-18-36)40-25-24-37-28-39(23-22-38(37)29-40)43-31-41(34-13-5-2-6-14-34)30-42(32-43)35-15-7-3-8-16-35/h2-32H,1H3. The molecule has 0 radical (unpaired) electrons. The largest absolute Gasteiger partial charge is 0.0622 e. The molecular formula is C49H34. The van der Waals surface area contributed by atoms with Gasteiger partial charge in [0.1, 0.15) is 0 Å². The van der Waals surface area contributed by atoms with Crippen LogP contribution in [0.3, 0.4) is 0 Å². The van der Waals surface area contributed by atoms with Crippen molar-refractivity contribution in [3.05, 3.63) is 194 Å². The predicted octanol–water partition coefficient (Wildman–Crippen LogP) is 13.8. The second kappa shape index (κ2) is 12.1. The molecule has 0 heterocycles. The highest BCUT2D eigenvalue weighted by atomic mass is 14.2. The molecule has 0 bridgehead atoms. The Balaban J connectivity index is 1.21. The van der Waals surface area contributed by atoms with Crippen LogP contribution in [-0.4, -0.2) is 0 Å². The maximum Gasteiger partial charge on any atom is -0.00261 e. The zero-order valence-electron chi connectivity index (χ0n) is 27.4. The van der Waals surface area contributed by atoms with Crippen LogP contribution in [0.1, 0.15) is 5.56 Å². The molecule has 0 heteroatoms. The van der Waals surface area contributed by atoms with E-state index >= 15 is 0 Å². The maximum atomic E-state index is 2.38. The van der Waals surface area contributed by atoms with Crippen LogP contribution in [-0.2, 0) is 0 Å². The summed E-state index contributed by atoms with van der Waals surface area (Å²) in [4.78, 5) is 0. The molecule has 0 N–H and O–H groups in total. The number of aryl methyl sites for hydroxylation is 1. The van der Waals surface area contributed by atoms with Gasteiger partial charge in [-0.05, 0) is 125 Å². The number of rotatable bonds is 5. The van der Waals surface area contributed by atoms with E-state index in [0.29, 0.717) is 0 Å². The lowest BCUT2D eigenvalue weighted by Gasteiger charge is -2.18. The van der Waals surface area contributed by atoms with E-state index < -0.39 is 0 Å². The van der Waals surface area contributed by atoms with Gasteiger partial charge in [-0.25, -0.2) is 0 Å². The van der Waals surface area contributed by atoms with Crippen molar-refractivity contribution in [2.24, 2.45) is 0 Å². The zero-order valence-corrected chi connectivity index (χ0v) is 27.4. The molecule has 0 aliphatic carbocycles. The minimum Gasteiger partial charge on any atom is -0.0622 e. The summed E-state index contributed by atoms with van der Waals surface area (Å²) in [5.41, 5.74) is 13.7. The van der Waals surface area contributed by atoms with E-state index in [1.165, 1.54) is 93.5 Å². The summed E-state index contributed by atoms with van der Waals surface area (Å²) in [6, 6.07) is 68.9. The summed E-state index contributed by atoms with van der Waals surface area (Å²) in [5, 5.41) is 7.61. The van der Waals surface area contributed by atoms with Crippen LogP contribution >= 0.6 is 0 Å². The van der Waals surface area contributed by atoms with Gasteiger partial charge >= 0.3 is 0 Å². The second-order valence-electron chi connectivity index (χ2n) is 13.0. The lowest BCUT2D eigenvalue weighted by molar-refractivity contribution is 1.51. The highest BCUT2D eigenvalue weighted by molar-refractivity contribution is 6.21. The molecule has 230 valence electrons. The van der Waals surface area contributed by atoms with Gasteiger partial charge in [0.25, 0.3) is 0 Å². The number of hydrogen-bond donors (Lipinski definition) is 0. The minimum atomic E-state index is 1.22. The molecule has 0 unspecified atom stereocenters. The van der Waals surface area contributed by atoms with Crippen molar-refractivity contribution < 1.29 is 0 Å². The first-order valence-corrected chi connectivity index (χ1v) is 17.0. The average molecular weight is 623 g/mol. The maximum absolute atomic E-state index is 2.38. The fraction of sp³-hybridized carbons (Fsp3) is 0.0204. The van der Waals surface area contributed by atoms with Gasteiger partial charge in [0.05, 0.1) is 0 Å². The van der Waals surface area contributed by atoms with E-state index in [2.05, 4.69) is 195 Å². The van der Waals surface area contributed by atoms with Gasteiger partial charge in [0.2, 0.25) is 0 Å². The van der Waals surface area contributed by atoms with Crippen LogP contribution in [0.5, 0.6) is 0 Å². The lowest BCUT2D eigenvalue weighted by Crippen LogP contribution is -1.91. The topological polar surface area (TPSA) is 0 Å². The van der Waals surface area contributed by atoms with Crippen LogP contribution in [0.15, 0.2) is 188 Å². The van der Waals surface area contributed by atoms with Gasteiger partial charge in [-0.1, -0.05) is 163 Å². The molecule has 0 aliphatic rings. The molecule has 9 rings (SSSR count). The summed E-state index contributed by atoms with van der Waals surface area (Å²) in [6.45, 7) is 2.19. The predicted molar refractivity (Wildman–Crippen MR) is 211 cm³/mol. The first kappa shape index (κ1) is 28.9. The molecule has 9 aromatic rings. The fourth-order valence-electron chi connectivity index (χ4n) is 7.49. The Hall–Kier alpha value is -6.24. The summed E-state index contributed by atoms with van der Waals surface area (Å²) < 4.78 is 0. The van der Waals surface area contributed by atoms with Crippen LogP contribution in [0.4, 0.5) is 0 Å². The summed E-state index contributed by atoms with van der Waals surface area (Å²) >= 11 is 0. The molecule has 0 amide bonds. The molecule has 0 aliphatic heterocycles. The number of hydrogen-bond acceptors (Lipinski definition) is 0. The Bertz CT molecular complexity index is 2570. The third-order valence-electron chi connectivity index (χ3n) is 9.85. The summed E-state index contributed by atoms with van der Waals surface area (Å²) in [7, 11) is 0. The van der Waals surface area contributed by atoms with Crippen LogP contribution in [0, 0.1) is 6.92 Å². The van der Waals surface area contributed by atoms with Crippen molar-refractivity contribution in [1.29, 1.82) is 0 Å². The van der Waals surface area contributed by atoms with E-state index in [1.54, 1.807) is 0 Å². The van der Waals surface area contributed by atoms with E-state index in [9.17, 15) is 0 Å². The lowest BCUT2D eigenvalue weighted by atomic mass is 9.85. The first-order valence-electron chi connectivity index (χ1n) is 17.0. The monoisotopic (exact) mass is 622 g/mol. The fourth-order valence-corrected chi connectivity index (χ4v) is 7.49. The Kier molecular flexibility index (Phi) is 7.14. The number of benzene rings is 9. The van der Waals surface area contributed by atoms with Crippen molar-refractivity contribution in [2.45, 2.75) is 6.92 Å². The molecule has 0 saturated carbocycles. The molecule has 0 aromatic heterocycles. The minimum absolute atomic E-state index is 1.22. The molecule has 0 nitrogen and oxygen atoms in total. The van der Waals surface area contributed by atoms with E-state index in [4.69, 9.17) is 0 Å². The number of fused-ring (bicyclic) bond motifs is 3. The Morgan fingerprint density at radius 2 is 0.673 bits per heavy atom. The molecule has 0 fully saturated rings. The molecule has 0 atom stereocenters. The molecule has 0 spiro atoms. The van der Waals surface area contributed by atoms with Crippen LogP contribution in [0.2, 0.25) is 0 Å². The van der Waals surface area contributed by atoms with Gasteiger partial charge in [-0.15, -0.1) is 0 Å². The quantitative estimate of drug-likeness (QED) is 0.168. The van der Waals surface area contributed by atoms with Crippen molar-refractivity contribution in [1.82, 2.24) is 0 Å². The average Bonchev–Trinajstić information content (AvgIpc) is 3.17. The Morgan fingerprint density at radius 3 is 1.24 bits per heavy atom. The van der Waals surface area contributed by atoms with Gasteiger partial charge in [-0.3, -0.25) is 0 Å². The molecule has 9 aromatic carbocycles. The van der Waals surface area contributed by atoms with Crippen LogP contribution in [0.25, 0.3) is 88.0 Å². The summed E-state index contributed by atoms with van der Waals surface area (Å²) in [5.74, 6) is 0. The highest BCUT2D eigenvalue weighted by Gasteiger charge is 2.17. The Labute approximate surface area is 287 Å². The molecule has 0 saturated heterocycles. The molecular weight excluding hydrogens is 589 g/mol.